The molecule has 0 radical (unpaired) electrons. The summed E-state index contributed by atoms with van der Waals surface area (Å²) in [6.45, 7) is 6.59. The summed E-state index contributed by atoms with van der Waals surface area (Å²) >= 11 is 0. The fraction of sp³-hybridized carbons (Fsp3) is 0.500. The van der Waals surface area contributed by atoms with Crippen molar-refractivity contribution >= 4 is 5.78 Å². The average Bonchev–Trinajstić information content (AvgIpc) is 2.16. The summed E-state index contributed by atoms with van der Waals surface area (Å²) in [5.41, 5.74) is 2.43. The summed E-state index contributed by atoms with van der Waals surface area (Å²) in [7, 11) is 0. The van der Waals surface area contributed by atoms with Crippen LogP contribution < -0.4 is 0 Å². The molecule has 1 rings (SSSR count). The SMILES string of the molecule is CCCOCC(=O)c1cc(C)nc(C)c1. The van der Waals surface area contributed by atoms with Crippen LogP contribution >= 0.6 is 0 Å². The fourth-order valence-electron chi connectivity index (χ4n) is 1.39. The third-order valence-electron chi connectivity index (χ3n) is 1.99. The first kappa shape index (κ1) is 11.9. The van der Waals surface area contributed by atoms with Gasteiger partial charge < -0.3 is 4.74 Å². The van der Waals surface area contributed by atoms with Gasteiger partial charge in [0.1, 0.15) is 6.61 Å². The van der Waals surface area contributed by atoms with Gasteiger partial charge in [0.25, 0.3) is 0 Å². The molecular formula is C12H17NO2. The lowest BCUT2D eigenvalue weighted by Gasteiger charge is -2.04. The zero-order chi connectivity index (χ0) is 11.3. The zero-order valence-corrected chi connectivity index (χ0v) is 9.54. The lowest BCUT2D eigenvalue weighted by molar-refractivity contribution is 0.0761. The van der Waals surface area contributed by atoms with Gasteiger partial charge in [0, 0.05) is 23.6 Å². The van der Waals surface area contributed by atoms with Crippen molar-refractivity contribution in [2.24, 2.45) is 0 Å². The number of aromatic nitrogens is 1. The van der Waals surface area contributed by atoms with Crippen molar-refractivity contribution in [2.75, 3.05) is 13.2 Å². The van der Waals surface area contributed by atoms with Crippen molar-refractivity contribution in [3.05, 3.63) is 29.1 Å². The molecule has 0 N–H and O–H groups in total. The van der Waals surface area contributed by atoms with E-state index in [0.717, 1.165) is 17.8 Å². The highest BCUT2D eigenvalue weighted by Crippen LogP contribution is 2.06. The van der Waals surface area contributed by atoms with Crippen LogP contribution in [0.4, 0.5) is 0 Å². The van der Waals surface area contributed by atoms with Gasteiger partial charge in [0.15, 0.2) is 5.78 Å². The quantitative estimate of drug-likeness (QED) is 0.549. The maximum absolute atomic E-state index is 11.7. The maximum atomic E-state index is 11.7. The molecule has 0 saturated carbocycles. The Labute approximate surface area is 90.5 Å². The molecular weight excluding hydrogens is 190 g/mol. The highest BCUT2D eigenvalue weighted by molar-refractivity contribution is 5.97. The summed E-state index contributed by atoms with van der Waals surface area (Å²) in [6, 6.07) is 3.59. The average molecular weight is 207 g/mol. The Balaban J connectivity index is 2.65. The zero-order valence-electron chi connectivity index (χ0n) is 9.54. The first-order valence-corrected chi connectivity index (χ1v) is 5.19. The van der Waals surface area contributed by atoms with Crippen molar-refractivity contribution in [3.63, 3.8) is 0 Å². The van der Waals surface area contributed by atoms with Crippen molar-refractivity contribution in [1.82, 2.24) is 4.98 Å². The van der Waals surface area contributed by atoms with Crippen LogP contribution in [0.15, 0.2) is 12.1 Å². The van der Waals surface area contributed by atoms with E-state index in [1.807, 2.05) is 20.8 Å². The van der Waals surface area contributed by atoms with Crippen molar-refractivity contribution < 1.29 is 9.53 Å². The molecule has 0 aliphatic rings. The largest absolute Gasteiger partial charge is 0.373 e. The first-order chi connectivity index (χ1) is 7.13. The molecule has 0 amide bonds. The first-order valence-electron chi connectivity index (χ1n) is 5.19. The van der Waals surface area contributed by atoms with Crippen LogP contribution in [0.2, 0.25) is 0 Å². The molecule has 0 bridgehead atoms. The molecule has 82 valence electrons. The van der Waals surface area contributed by atoms with E-state index in [1.165, 1.54) is 0 Å². The topological polar surface area (TPSA) is 39.2 Å². The van der Waals surface area contributed by atoms with Crippen molar-refractivity contribution in [3.8, 4) is 0 Å². The van der Waals surface area contributed by atoms with Gasteiger partial charge in [-0.15, -0.1) is 0 Å². The van der Waals surface area contributed by atoms with Crippen LogP contribution in [0.3, 0.4) is 0 Å². The van der Waals surface area contributed by atoms with Gasteiger partial charge in [-0.2, -0.15) is 0 Å². The predicted octanol–water partition coefficient (Wildman–Crippen LogP) is 2.31. The number of aryl methyl sites for hydroxylation is 2. The Bertz CT molecular complexity index is 327. The number of carbonyl (C=O) groups excluding carboxylic acids is 1. The van der Waals surface area contributed by atoms with E-state index in [4.69, 9.17) is 4.74 Å². The van der Waals surface area contributed by atoms with Crippen molar-refractivity contribution in [1.29, 1.82) is 0 Å². The van der Waals surface area contributed by atoms with E-state index >= 15 is 0 Å². The van der Waals surface area contributed by atoms with Gasteiger partial charge in [-0.3, -0.25) is 9.78 Å². The molecule has 15 heavy (non-hydrogen) atoms. The second-order valence-corrected chi connectivity index (χ2v) is 3.61. The van der Waals surface area contributed by atoms with E-state index < -0.39 is 0 Å². The summed E-state index contributed by atoms with van der Waals surface area (Å²) in [5, 5.41) is 0. The highest BCUT2D eigenvalue weighted by Gasteiger charge is 2.07. The molecule has 1 aromatic heterocycles. The minimum atomic E-state index is 0.0250. The lowest BCUT2D eigenvalue weighted by atomic mass is 10.1. The van der Waals surface area contributed by atoms with Crippen LogP contribution in [0.1, 0.15) is 35.1 Å². The molecule has 0 fully saturated rings. The third kappa shape index (κ3) is 3.80. The predicted molar refractivity (Wildman–Crippen MR) is 59.2 cm³/mol. The Kier molecular flexibility index (Phi) is 4.43. The summed E-state index contributed by atoms with van der Waals surface area (Å²) in [5.74, 6) is 0.0250. The second kappa shape index (κ2) is 5.61. The molecule has 0 spiro atoms. The Morgan fingerprint density at radius 2 is 1.93 bits per heavy atom. The molecule has 3 heteroatoms. The second-order valence-electron chi connectivity index (χ2n) is 3.61. The number of rotatable bonds is 5. The number of carbonyl (C=O) groups is 1. The number of pyridine rings is 1. The van der Waals surface area contributed by atoms with E-state index in [1.54, 1.807) is 12.1 Å². The number of ether oxygens (including phenoxy) is 1. The van der Waals surface area contributed by atoms with Gasteiger partial charge in [-0.1, -0.05) is 6.92 Å². The van der Waals surface area contributed by atoms with Crippen LogP contribution in [-0.4, -0.2) is 24.0 Å². The minimum Gasteiger partial charge on any atom is -0.373 e. The summed E-state index contributed by atoms with van der Waals surface area (Å²) in [6.07, 6.45) is 0.932. The molecule has 3 nitrogen and oxygen atoms in total. The molecule has 0 aliphatic heterocycles. The Morgan fingerprint density at radius 1 is 1.33 bits per heavy atom. The highest BCUT2D eigenvalue weighted by atomic mass is 16.5. The normalized spacial score (nSPS) is 10.3. The molecule has 1 heterocycles. The smallest absolute Gasteiger partial charge is 0.188 e. The standard InChI is InChI=1S/C12H17NO2/c1-4-5-15-8-12(14)11-6-9(2)13-10(3)7-11/h6-7H,4-5,8H2,1-3H3. The molecule has 0 saturated heterocycles. The number of Topliss-reactive ketones (excluding diaryl/α,β-unsaturated/α-hetero) is 1. The molecule has 0 aliphatic carbocycles. The number of nitrogens with zero attached hydrogens (tertiary/aromatic N) is 1. The fourth-order valence-corrected chi connectivity index (χ4v) is 1.39. The van der Waals surface area contributed by atoms with Gasteiger partial charge in [-0.25, -0.2) is 0 Å². The maximum Gasteiger partial charge on any atom is 0.188 e. The van der Waals surface area contributed by atoms with Crippen LogP contribution in [-0.2, 0) is 4.74 Å². The van der Waals surface area contributed by atoms with E-state index in [0.29, 0.717) is 12.2 Å². The van der Waals surface area contributed by atoms with Gasteiger partial charge in [0.05, 0.1) is 0 Å². The van der Waals surface area contributed by atoms with Gasteiger partial charge in [-0.05, 0) is 32.4 Å². The molecule has 0 atom stereocenters. The Morgan fingerprint density at radius 3 is 2.47 bits per heavy atom. The molecule has 0 aromatic carbocycles. The van der Waals surface area contributed by atoms with Crippen LogP contribution in [0, 0.1) is 13.8 Å². The molecule has 1 aromatic rings. The van der Waals surface area contributed by atoms with E-state index in [9.17, 15) is 4.79 Å². The van der Waals surface area contributed by atoms with Crippen molar-refractivity contribution in [2.45, 2.75) is 27.2 Å². The minimum absolute atomic E-state index is 0.0250. The Hall–Kier alpha value is -1.22. The third-order valence-corrected chi connectivity index (χ3v) is 1.99. The lowest BCUT2D eigenvalue weighted by Crippen LogP contribution is -2.10. The van der Waals surface area contributed by atoms with E-state index in [-0.39, 0.29) is 12.4 Å². The number of hydrogen-bond donors (Lipinski definition) is 0. The molecule has 0 unspecified atom stereocenters. The van der Waals surface area contributed by atoms with E-state index in [2.05, 4.69) is 4.98 Å². The summed E-state index contributed by atoms with van der Waals surface area (Å²) < 4.78 is 5.21. The van der Waals surface area contributed by atoms with Gasteiger partial charge in [0.2, 0.25) is 0 Å². The monoisotopic (exact) mass is 207 g/mol. The number of ketones is 1. The summed E-state index contributed by atoms with van der Waals surface area (Å²) in [4.78, 5) is 15.9. The van der Waals surface area contributed by atoms with Crippen LogP contribution in [0.25, 0.3) is 0 Å². The van der Waals surface area contributed by atoms with Crippen LogP contribution in [0.5, 0.6) is 0 Å². The number of hydrogen-bond acceptors (Lipinski definition) is 3. The van der Waals surface area contributed by atoms with Gasteiger partial charge >= 0.3 is 0 Å².